The molecule has 2 fully saturated rings. The fraction of sp³-hybridized carbons (Fsp3) is 1.00. The Morgan fingerprint density at radius 2 is 0.857 bits per heavy atom. The van der Waals surface area contributed by atoms with Crippen LogP contribution in [0, 0.1) is 11.8 Å². The Morgan fingerprint density at radius 1 is 0.571 bits per heavy atom. The molecule has 1 unspecified atom stereocenters. The summed E-state index contributed by atoms with van der Waals surface area (Å²) in [6.45, 7) is 0. The van der Waals surface area contributed by atoms with Crippen LogP contribution < -0.4 is 0 Å². The quantitative estimate of drug-likeness (QED) is 0.550. The molecule has 0 heterocycles. The first-order valence-corrected chi connectivity index (χ1v) is 7.93. The van der Waals surface area contributed by atoms with Crippen molar-refractivity contribution >= 4 is 19.8 Å². The monoisotopic (exact) mass is 234 g/mol. The van der Waals surface area contributed by atoms with E-state index in [1.54, 1.807) is 25.7 Å². The molecule has 0 aliphatic heterocycles. The van der Waals surface area contributed by atoms with Gasteiger partial charge >= 0.3 is 0 Å². The van der Waals surface area contributed by atoms with Crippen LogP contribution >= 0.6 is 19.8 Å². The topological polar surface area (TPSA) is 0 Å². The van der Waals surface area contributed by atoms with E-state index in [-0.39, 0.29) is 0 Å². The van der Waals surface area contributed by atoms with E-state index in [4.69, 9.17) is 0 Å². The van der Waals surface area contributed by atoms with Gasteiger partial charge in [0, 0.05) is 0 Å². The smallest absolute Gasteiger partial charge is 0.0386 e. The van der Waals surface area contributed by atoms with E-state index in [1.807, 2.05) is 8.59 Å². The second-order valence-electron chi connectivity index (χ2n) is 4.80. The molecule has 2 aliphatic rings. The molecule has 0 radical (unpaired) electrons. The highest BCUT2D eigenvalue weighted by Crippen LogP contribution is 2.37. The van der Waals surface area contributed by atoms with Gasteiger partial charge < -0.3 is 0 Å². The van der Waals surface area contributed by atoms with Crippen molar-refractivity contribution in [3.8, 4) is 0 Å². The van der Waals surface area contributed by atoms with Gasteiger partial charge in [0.25, 0.3) is 0 Å². The molecule has 2 heteroatoms. The highest BCUT2D eigenvalue weighted by atomic mass is 35.7. The fourth-order valence-electron chi connectivity index (χ4n) is 3.21. The molecule has 0 aromatic heterocycles. The Labute approximate surface area is 96.2 Å². The molecule has 0 saturated heterocycles. The lowest BCUT2D eigenvalue weighted by molar-refractivity contribution is 0.196. The fourth-order valence-corrected chi connectivity index (χ4v) is 3.21. The van der Waals surface area contributed by atoms with Gasteiger partial charge in [-0.25, -0.2) is 0 Å². The van der Waals surface area contributed by atoms with E-state index < -0.39 is 0 Å². The molecular weight excluding hydrogens is 211 g/mol. The lowest BCUT2D eigenvalue weighted by Crippen LogP contribution is -2.20. The van der Waals surface area contributed by atoms with Gasteiger partial charge in [-0.2, -0.15) is 0 Å². The molecule has 14 heavy (non-hydrogen) atoms. The summed E-state index contributed by atoms with van der Waals surface area (Å²) < 4.78 is 0. The van der Waals surface area contributed by atoms with Crippen LogP contribution in [-0.2, 0) is 0 Å². The molecule has 0 amide bonds. The van der Waals surface area contributed by atoms with Gasteiger partial charge in [-0.1, -0.05) is 64.2 Å². The van der Waals surface area contributed by atoms with Crippen LogP contribution in [0.4, 0.5) is 0 Å². The van der Waals surface area contributed by atoms with Crippen molar-refractivity contribution in [1.29, 1.82) is 0 Å². The Balaban J connectivity index is 0.000000461. The minimum atomic E-state index is 1.14. The normalized spacial score (nSPS) is 25.3. The molecule has 2 aliphatic carbocycles. The summed E-state index contributed by atoms with van der Waals surface area (Å²) in [5.41, 5.74) is 0. The maximum absolute atomic E-state index is 4.56. The number of hydrogen-bond acceptors (Lipinski definition) is 0. The maximum atomic E-state index is 4.56. The zero-order valence-electron chi connectivity index (χ0n) is 9.18. The predicted molar refractivity (Wildman–Crippen MR) is 68.7 cm³/mol. The third-order valence-corrected chi connectivity index (χ3v) is 3.97. The van der Waals surface area contributed by atoms with Crippen molar-refractivity contribution < 1.29 is 0 Å². The molecule has 0 spiro atoms. The van der Waals surface area contributed by atoms with Gasteiger partial charge in [0.2, 0.25) is 0 Å². The number of hydrogen-bond donors (Lipinski definition) is 0. The second-order valence-corrected chi connectivity index (χ2v) is 4.80. The predicted octanol–water partition coefficient (Wildman–Crippen LogP) is 5.16. The van der Waals surface area contributed by atoms with Crippen LogP contribution in [0.2, 0.25) is 0 Å². The summed E-state index contributed by atoms with van der Waals surface area (Å²) >= 11 is 4.56. The third-order valence-electron chi connectivity index (χ3n) is 3.97. The van der Waals surface area contributed by atoms with Crippen LogP contribution in [0.5, 0.6) is 0 Å². The van der Waals surface area contributed by atoms with Gasteiger partial charge in [-0.15, -0.1) is 11.2 Å². The Morgan fingerprint density at radius 3 is 1.14 bits per heavy atom. The Bertz CT molecular complexity index is 110. The summed E-state index contributed by atoms with van der Waals surface area (Å²) in [5, 5.41) is 0. The van der Waals surface area contributed by atoms with E-state index in [0.717, 1.165) is 11.8 Å². The molecule has 0 aromatic rings. The van der Waals surface area contributed by atoms with Gasteiger partial charge in [0.15, 0.2) is 0 Å². The van der Waals surface area contributed by atoms with Crippen LogP contribution in [0.25, 0.3) is 0 Å². The van der Waals surface area contributed by atoms with Crippen molar-refractivity contribution in [2.24, 2.45) is 11.8 Å². The lowest BCUT2D eigenvalue weighted by atomic mass is 9.73. The highest BCUT2D eigenvalue weighted by Gasteiger charge is 2.24. The standard InChI is InChI=1S/C12H22.ClH2P/c1-3-7-11(8-4-1)12-9-5-2-6-10-12;1-2/h11-12H,1-10H2;2H2. The Hall–Kier alpha value is 0.720. The first-order valence-electron chi connectivity index (χ1n) is 6.18. The largest absolute Gasteiger partial charge is 0.104 e. The van der Waals surface area contributed by atoms with Gasteiger partial charge in [0.05, 0.1) is 0 Å². The van der Waals surface area contributed by atoms with Crippen molar-refractivity contribution in [3.63, 3.8) is 0 Å². The highest BCUT2D eigenvalue weighted by molar-refractivity contribution is 7.52. The summed E-state index contributed by atoms with van der Waals surface area (Å²) in [5.74, 6) is 2.28. The molecule has 2 rings (SSSR count). The lowest BCUT2D eigenvalue weighted by Gasteiger charge is -2.32. The average molecular weight is 235 g/mol. The summed E-state index contributed by atoms with van der Waals surface area (Å²) in [7, 11) is 1.89. The zero-order valence-corrected chi connectivity index (χ0v) is 11.1. The summed E-state index contributed by atoms with van der Waals surface area (Å²) in [4.78, 5) is 0. The first-order chi connectivity index (χ1) is 6.97. The van der Waals surface area contributed by atoms with E-state index in [2.05, 4.69) is 11.2 Å². The van der Waals surface area contributed by atoms with Gasteiger partial charge in [0.1, 0.15) is 0 Å². The zero-order chi connectivity index (χ0) is 10.2. The number of rotatable bonds is 1. The van der Waals surface area contributed by atoms with Crippen LogP contribution in [0.1, 0.15) is 64.2 Å². The molecular formula is C12H24ClP. The van der Waals surface area contributed by atoms with Crippen molar-refractivity contribution in [3.05, 3.63) is 0 Å². The van der Waals surface area contributed by atoms with Crippen molar-refractivity contribution in [1.82, 2.24) is 0 Å². The second kappa shape index (κ2) is 7.94. The molecule has 2 saturated carbocycles. The van der Waals surface area contributed by atoms with Crippen LogP contribution in [0.15, 0.2) is 0 Å². The Kier molecular flexibility index (Phi) is 7.25. The summed E-state index contributed by atoms with van der Waals surface area (Å²) in [6.07, 6.45) is 15.4. The van der Waals surface area contributed by atoms with Crippen LogP contribution in [-0.4, -0.2) is 0 Å². The molecule has 0 aromatic carbocycles. The molecule has 0 N–H and O–H groups in total. The molecule has 0 nitrogen and oxygen atoms in total. The minimum absolute atomic E-state index is 1.14. The van der Waals surface area contributed by atoms with Crippen molar-refractivity contribution in [2.45, 2.75) is 64.2 Å². The van der Waals surface area contributed by atoms with Gasteiger partial charge in [-0.3, -0.25) is 0 Å². The van der Waals surface area contributed by atoms with Crippen molar-refractivity contribution in [2.75, 3.05) is 0 Å². The van der Waals surface area contributed by atoms with Gasteiger partial charge in [-0.05, 0) is 20.4 Å². The molecule has 1 atom stereocenters. The van der Waals surface area contributed by atoms with E-state index in [0.29, 0.717) is 0 Å². The third kappa shape index (κ3) is 4.07. The molecule has 0 bridgehead atoms. The minimum Gasteiger partial charge on any atom is -0.104 e. The average Bonchev–Trinajstić information content (AvgIpc) is 2.34. The van der Waals surface area contributed by atoms with Crippen LogP contribution in [0.3, 0.4) is 0 Å². The number of halogens is 1. The SMILES string of the molecule is C1CCC(C2CCCCC2)CC1.PCl. The first kappa shape index (κ1) is 12.8. The summed E-state index contributed by atoms with van der Waals surface area (Å²) in [6, 6.07) is 0. The van der Waals surface area contributed by atoms with E-state index >= 15 is 0 Å². The maximum Gasteiger partial charge on any atom is -0.0386 e. The van der Waals surface area contributed by atoms with E-state index in [1.165, 1.54) is 38.5 Å². The molecule has 84 valence electrons. The van der Waals surface area contributed by atoms with E-state index in [9.17, 15) is 0 Å².